The van der Waals surface area contributed by atoms with Gasteiger partial charge in [0.25, 0.3) is 0 Å². The van der Waals surface area contributed by atoms with Crippen molar-refractivity contribution in [3.8, 4) is 5.75 Å². The number of rotatable bonds is 7. The van der Waals surface area contributed by atoms with Crippen LogP contribution in [0.5, 0.6) is 5.75 Å². The lowest BCUT2D eigenvalue weighted by Gasteiger charge is -2.24. The molecule has 2 nitrogen and oxygen atoms in total. The fourth-order valence-corrected chi connectivity index (χ4v) is 8.70. The first-order valence-corrected chi connectivity index (χ1v) is 20.0. The lowest BCUT2D eigenvalue weighted by atomic mass is 9.94. The summed E-state index contributed by atoms with van der Waals surface area (Å²) in [6.07, 6.45) is 1.03. The van der Waals surface area contributed by atoms with Crippen LogP contribution in [-0.2, 0) is 4.43 Å². The molecular formula is C17H34O2Si4. The standard InChI is InChI=1S/C17H34O2Si4/c1-11-12(2)16(14(4)15(5)21-10-18-22-20)9-17(13(11)3)19-23(6,7)8/h9H,10,21-22H2,1-8,20H3. The Balaban J connectivity index is 3.27. The minimum absolute atomic E-state index is 0.126. The van der Waals surface area contributed by atoms with Crippen LogP contribution in [0.15, 0.2) is 11.3 Å². The molecule has 1 aromatic carbocycles. The van der Waals surface area contributed by atoms with Crippen LogP contribution in [0.2, 0.25) is 19.6 Å². The third-order valence-electron chi connectivity index (χ3n) is 4.46. The summed E-state index contributed by atoms with van der Waals surface area (Å²) < 4.78 is 12.1. The van der Waals surface area contributed by atoms with E-state index in [1.165, 1.54) is 37.6 Å². The Kier molecular flexibility index (Phi) is 7.73. The SMILES string of the molecule is CC([SiH2]CO[SiH2][SiH3])=C(C)c1cc(O[Si](C)(C)C)c(C)c(C)c1C. The van der Waals surface area contributed by atoms with Gasteiger partial charge in [-0.1, -0.05) is 5.20 Å². The second-order valence-electron chi connectivity index (χ2n) is 7.36. The molecule has 0 radical (unpaired) electrons. The normalized spacial score (nSPS) is 14.3. The van der Waals surface area contributed by atoms with Crippen LogP contribution in [0.3, 0.4) is 0 Å². The molecule has 1 aromatic rings. The first-order valence-electron chi connectivity index (χ1n) is 8.62. The van der Waals surface area contributed by atoms with E-state index in [2.05, 4.69) is 60.3 Å². The molecule has 0 aliphatic heterocycles. The minimum Gasteiger partial charge on any atom is -0.544 e. The highest BCUT2D eigenvalue weighted by Crippen LogP contribution is 2.33. The van der Waals surface area contributed by atoms with E-state index in [0.29, 0.717) is 0 Å². The molecule has 0 heterocycles. The van der Waals surface area contributed by atoms with Crippen molar-refractivity contribution in [2.24, 2.45) is 0 Å². The fourth-order valence-electron chi connectivity index (χ4n) is 2.63. The molecule has 0 fully saturated rings. The van der Waals surface area contributed by atoms with Crippen molar-refractivity contribution in [1.82, 2.24) is 0 Å². The van der Waals surface area contributed by atoms with Crippen LogP contribution >= 0.6 is 0 Å². The first kappa shape index (κ1) is 20.6. The van der Waals surface area contributed by atoms with Gasteiger partial charge in [0.05, 0.1) is 9.52 Å². The molecule has 1 rings (SSSR count). The zero-order valence-electron chi connectivity index (χ0n) is 16.5. The molecule has 130 valence electrons. The summed E-state index contributed by atoms with van der Waals surface area (Å²) >= 11 is 0. The van der Waals surface area contributed by atoms with Crippen LogP contribution < -0.4 is 4.43 Å². The van der Waals surface area contributed by atoms with Gasteiger partial charge in [0.1, 0.15) is 15.0 Å². The summed E-state index contributed by atoms with van der Waals surface area (Å²) in [6, 6.07) is 2.28. The molecule has 6 heteroatoms. The number of benzene rings is 1. The van der Waals surface area contributed by atoms with Gasteiger partial charge in [0, 0.05) is 16.0 Å². The molecule has 0 saturated carbocycles. The number of hydrogen-bond acceptors (Lipinski definition) is 2. The molecule has 0 aromatic heterocycles. The zero-order chi connectivity index (χ0) is 17.8. The van der Waals surface area contributed by atoms with Gasteiger partial charge in [-0.2, -0.15) is 0 Å². The summed E-state index contributed by atoms with van der Waals surface area (Å²) in [5.74, 6) is 1.08. The Morgan fingerprint density at radius 1 is 1.09 bits per heavy atom. The molecule has 0 N–H and O–H groups in total. The Morgan fingerprint density at radius 2 is 1.70 bits per heavy atom. The maximum absolute atomic E-state index is 6.35. The highest BCUT2D eigenvalue weighted by Gasteiger charge is 2.20. The average molecular weight is 383 g/mol. The van der Waals surface area contributed by atoms with E-state index in [0.717, 1.165) is 12.0 Å². The van der Waals surface area contributed by atoms with Gasteiger partial charge < -0.3 is 8.85 Å². The summed E-state index contributed by atoms with van der Waals surface area (Å²) in [7, 11) is -0.722. The van der Waals surface area contributed by atoms with Crippen molar-refractivity contribution in [2.45, 2.75) is 54.3 Å². The summed E-state index contributed by atoms with van der Waals surface area (Å²) in [5, 5.41) is 1.57. The molecule has 0 aliphatic carbocycles. The zero-order valence-corrected chi connectivity index (χ0v) is 22.3. The van der Waals surface area contributed by atoms with E-state index >= 15 is 0 Å². The highest BCUT2D eigenvalue weighted by molar-refractivity contribution is 6.85. The first-order chi connectivity index (χ1) is 10.6. The Morgan fingerprint density at radius 3 is 2.22 bits per heavy atom. The Bertz CT molecular complexity index is 589. The second-order valence-corrected chi connectivity index (χ2v) is 16.5. The number of allylic oxidation sites excluding steroid dienone is 2. The smallest absolute Gasteiger partial charge is 0.242 e. The summed E-state index contributed by atoms with van der Waals surface area (Å²) in [5.41, 5.74) is 6.87. The maximum Gasteiger partial charge on any atom is 0.242 e. The van der Waals surface area contributed by atoms with Gasteiger partial charge in [-0.25, -0.2) is 0 Å². The Labute approximate surface area is 151 Å². The van der Waals surface area contributed by atoms with E-state index in [4.69, 9.17) is 8.85 Å². The van der Waals surface area contributed by atoms with E-state index in [-0.39, 0.29) is 18.8 Å². The minimum atomic E-state index is -1.60. The van der Waals surface area contributed by atoms with Crippen molar-refractivity contribution in [2.75, 3.05) is 6.23 Å². The van der Waals surface area contributed by atoms with Gasteiger partial charge in [-0.15, -0.1) is 0 Å². The van der Waals surface area contributed by atoms with Crippen LogP contribution in [0.4, 0.5) is 0 Å². The summed E-state index contributed by atoms with van der Waals surface area (Å²) in [6.45, 7) is 18.0. The van der Waals surface area contributed by atoms with Gasteiger partial charge in [0.15, 0.2) is 0 Å². The highest BCUT2D eigenvalue weighted by atomic mass is 29.1. The van der Waals surface area contributed by atoms with Crippen LogP contribution in [0.25, 0.3) is 5.57 Å². The van der Waals surface area contributed by atoms with Crippen molar-refractivity contribution in [3.63, 3.8) is 0 Å². The Hall–Kier alpha value is -0.412. The van der Waals surface area contributed by atoms with Gasteiger partial charge >= 0.3 is 0 Å². The predicted molar refractivity (Wildman–Crippen MR) is 116 cm³/mol. The maximum atomic E-state index is 6.35. The molecule has 0 spiro atoms. The van der Waals surface area contributed by atoms with Gasteiger partial charge in [-0.05, 0) is 88.2 Å². The van der Waals surface area contributed by atoms with Crippen molar-refractivity contribution in [3.05, 3.63) is 33.5 Å². The molecule has 0 amide bonds. The van der Waals surface area contributed by atoms with Crippen LogP contribution in [-0.4, -0.2) is 43.1 Å². The summed E-state index contributed by atoms with van der Waals surface area (Å²) in [4.78, 5) is 0. The third kappa shape index (κ3) is 5.86. The van der Waals surface area contributed by atoms with Gasteiger partial charge in [-0.3, -0.25) is 0 Å². The van der Waals surface area contributed by atoms with E-state index < -0.39 is 8.32 Å². The van der Waals surface area contributed by atoms with Crippen LogP contribution in [0, 0.1) is 20.8 Å². The monoisotopic (exact) mass is 382 g/mol. The lowest BCUT2D eigenvalue weighted by molar-refractivity contribution is 0.421. The topological polar surface area (TPSA) is 18.5 Å². The molecular weight excluding hydrogens is 349 g/mol. The fraction of sp³-hybridized carbons (Fsp3) is 0.529. The van der Waals surface area contributed by atoms with Crippen molar-refractivity contribution < 1.29 is 8.85 Å². The molecule has 0 saturated heterocycles. The van der Waals surface area contributed by atoms with E-state index in [9.17, 15) is 0 Å². The molecule has 0 bridgehead atoms. The third-order valence-corrected chi connectivity index (χ3v) is 9.56. The van der Waals surface area contributed by atoms with Crippen LogP contribution in [0.1, 0.15) is 36.1 Å². The molecule has 0 unspecified atom stereocenters. The van der Waals surface area contributed by atoms with Crippen molar-refractivity contribution >= 4 is 42.5 Å². The average Bonchev–Trinajstić information content (AvgIpc) is 2.46. The van der Waals surface area contributed by atoms with Gasteiger partial charge in [0.2, 0.25) is 8.32 Å². The second kappa shape index (κ2) is 8.62. The quantitative estimate of drug-likeness (QED) is 0.531. The van der Waals surface area contributed by atoms with E-state index in [1.807, 2.05) is 0 Å². The van der Waals surface area contributed by atoms with Crippen molar-refractivity contribution in [1.29, 1.82) is 0 Å². The van der Waals surface area contributed by atoms with E-state index in [1.54, 1.807) is 5.20 Å². The molecule has 0 aliphatic rings. The predicted octanol–water partition coefficient (Wildman–Crippen LogP) is 2.08. The largest absolute Gasteiger partial charge is 0.544 e. The number of hydrogen-bond donors (Lipinski definition) is 0. The lowest BCUT2D eigenvalue weighted by Crippen LogP contribution is -2.29. The molecule has 23 heavy (non-hydrogen) atoms. The molecule has 0 atom stereocenters.